The van der Waals surface area contributed by atoms with Crippen LogP contribution in [0.5, 0.6) is 0 Å². The summed E-state index contributed by atoms with van der Waals surface area (Å²) in [5.41, 5.74) is 6.92. The number of hydrogen-bond acceptors (Lipinski definition) is 8. The number of anilines is 1. The molecule has 1 atom stereocenters. The molecule has 0 bridgehead atoms. The first kappa shape index (κ1) is 21.4. The first-order valence-corrected chi connectivity index (χ1v) is 9.68. The molecule has 5 N–H and O–H groups in total. The molecule has 28 heavy (non-hydrogen) atoms. The summed E-state index contributed by atoms with van der Waals surface area (Å²) in [4.78, 5) is 43.2. The number of carboxylic acids is 1. The zero-order valence-corrected chi connectivity index (χ0v) is 15.7. The highest BCUT2D eigenvalue weighted by atomic mass is 31.2. The van der Waals surface area contributed by atoms with Crippen LogP contribution in [0.1, 0.15) is 17.3 Å². The van der Waals surface area contributed by atoms with Crippen LogP contribution in [0.3, 0.4) is 0 Å². The molecule has 0 unspecified atom stereocenters. The van der Waals surface area contributed by atoms with E-state index in [1.165, 1.54) is 31.1 Å². The number of carbonyl (C=O) groups is 1. The zero-order chi connectivity index (χ0) is 20.7. The first-order valence-electron chi connectivity index (χ1n) is 7.88. The Morgan fingerprint density at radius 2 is 2.11 bits per heavy atom. The molecular formula is C15H19N6O6P. The highest BCUT2D eigenvalue weighted by molar-refractivity contribution is 7.51. The average molecular weight is 410 g/mol. The third kappa shape index (κ3) is 6.35. The molecule has 0 spiro atoms. The number of nitrogen functional groups attached to an aromatic ring is 1. The van der Waals surface area contributed by atoms with Gasteiger partial charge in [0.15, 0.2) is 11.5 Å². The molecule has 3 rings (SSSR count). The Hall–Kier alpha value is -2.92. The molecular weight excluding hydrogens is 391 g/mol. The van der Waals surface area contributed by atoms with Crippen LogP contribution in [0, 0.1) is 0 Å². The van der Waals surface area contributed by atoms with E-state index in [0.29, 0.717) is 17.7 Å². The molecule has 0 aliphatic rings. The molecule has 12 nitrogen and oxygen atoms in total. The summed E-state index contributed by atoms with van der Waals surface area (Å²) in [7, 11) is -4.16. The van der Waals surface area contributed by atoms with Gasteiger partial charge in [0.1, 0.15) is 18.2 Å². The fraction of sp³-hybridized carbons (Fsp3) is 0.267. The molecule has 0 saturated heterocycles. The van der Waals surface area contributed by atoms with Gasteiger partial charge in [-0.05, 0) is 19.1 Å². The molecule has 0 saturated carbocycles. The molecule has 3 heterocycles. The lowest BCUT2D eigenvalue weighted by Crippen LogP contribution is -2.17. The second-order valence-corrected chi connectivity index (χ2v) is 7.23. The van der Waals surface area contributed by atoms with Gasteiger partial charge in [-0.2, -0.15) is 0 Å². The molecule has 0 aliphatic carbocycles. The molecule has 0 fully saturated rings. The number of aromatic nitrogens is 5. The summed E-state index contributed by atoms with van der Waals surface area (Å²) >= 11 is 0. The molecule has 150 valence electrons. The van der Waals surface area contributed by atoms with Gasteiger partial charge in [-0.25, -0.2) is 19.7 Å². The monoisotopic (exact) mass is 410 g/mol. The van der Waals surface area contributed by atoms with E-state index in [-0.39, 0.29) is 11.4 Å². The van der Waals surface area contributed by atoms with Crippen molar-refractivity contribution in [1.29, 1.82) is 0 Å². The minimum absolute atomic E-state index is 0.220. The second kappa shape index (κ2) is 9.33. The van der Waals surface area contributed by atoms with Gasteiger partial charge in [0.2, 0.25) is 0 Å². The number of carboxylic acid groups (broad SMARTS) is 1. The van der Waals surface area contributed by atoms with Crippen molar-refractivity contribution in [2.75, 3.05) is 12.1 Å². The Kier molecular flexibility index (Phi) is 7.12. The van der Waals surface area contributed by atoms with Crippen molar-refractivity contribution in [2.45, 2.75) is 19.6 Å². The Morgan fingerprint density at radius 1 is 1.36 bits per heavy atom. The molecule has 0 aromatic carbocycles. The predicted molar refractivity (Wildman–Crippen MR) is 98.4 cm³/mol. The number of fused-ring (bicyclic) bond motifs is 1. The Labute approximate surface area is 159 Å². The van der Waals surface area contributed by atoms with Crippen LogP contribution in [-0.2, 0) is 15.8 Å². The number of nitrogens with two attached hydrogens (primary N) is 1. The lowest BCUT2D eigenvalue weighted by Gasteiger charge is -2.14. The van der Waals surface area contributed by atoms with E-state index in [9.17, 15) is 9.36 Å². The number of pyridine rings is 1. The van der Waals surface area contributed by atoms with Crippen LogP contribution in [0.4, 0.5) is 5.82 Å². The number of nitrogens with zero attached hydrogens (tertiary/aromatic N) is 5. The quantitative estimate of drug-likeness (QED) is 0.419. The van der Waals surface area contributed by atoms with Crippen molar-refractivity contribution in [3.05, 3.63) is 42.7 Å². The van der Waals surface area contributed by atoms with Crippen LogP contribution in [-0.4, -0.2) is 57.8 Å². The zero-order valence-electron chi connectivity index (χ0n) is 14.8. The Morgan fingerprint density at radius 3 is 2.68 bits per heavy atom. The number of hydrogen-bond donors (Lipinski definition) is 4. The van der Waals surface area contributed by atoms with E-state index >= 15 is 0 Å². The Bertz CT molecular complexity index is 976. The summed E-state index contributed by atoms with van der Waals surface area (Å²) in [5, 5.41) is 8.34. The standard InChI is InChI=1S/C9H14N5O4P.C6H5NO2/c1-6(18-5-19(15,16)17)2-14-4-13-7-8(10)11-3-12-9(7)14;8-6(9)5-2-1-3-7-4-5/h3-4,6H,2,5H2,1H3,(H2,10,11,12)(H2,15,16,17);1-4H,(H,8,9)/t6-;/m1./s1. The van der Waals surface area contributed by atoms with E-state index in [0.717, 1.165) is 0 Å². The molecule has 13 heteroatoms. The highest BCUT2D eigenvalue weighted by Gasteiger charge is 2.16. The van der Waals surface area contributed by atoms with Crippen molar-refractivity contribution < 1.29 is 29.0 Å². The average Bonchev–Trinajstić information content (AvgIpc) is 3.05. The van der Waals surface area contributed by atoms with Crippen LogP contribution in [0.15, 0.2) is 37.2 Å². The maximum Gasteiger partial charge on any atom is 0.350 e. The van der Waals surface area contributed by atoms with Gasteiger partial charge >= 0.3 is 13.6 Å². The highest BCUT2D eigenvalue weighted by Crippen LogP contribution is 2.34. The van der Waals surface area contributed by atoms with Gasteiger partial charge in [0.05, 0.1) is 24.5 Å². The maximum atomic E-state index is 10.7. The minimum atomic E-state index is -4.16. The fourth-order valence-electron chi connectivity index (χ4n) is 2.08. The van der Waals surface area contributed by atoms with E-state index < -0.39 is 26.0 Å². The summed E-state index contributed by atoms with van der Waals surface area (Å²) < 4.78 is 17.5. The molecule has 0 aliphatic heterocycles. The van der Waals surface area contributed by atoms with Crippen molar-refractivity contribution >= 4 is 30.5 Å². The van der Waals surface area contributed by atoms with E-state index in [2.05, 4.69) is 19.9 Å². The SMILES string of the molecule is C[C@H](Cn1cnc2c(N)ncnc21)OCP(=O)(O)O.O=C(O)c1cccnc1. The third-order valence-corrected chi connectivity index (χ3v) is 3.80. The van der Waals surface area contributed by atoms with Gasteiger partial charge in [-0.15, -0.1) is 0 Å². The van der Waals surface area contributed by atoms with Gasteiger partial charge in [-0.1, -0.05) is 0 Å². The summed E-state index contributed by atoms with van der Waals surface area (Å²) in [6.07, 6.45) is 4.69. The summed E-state index contributed by atoms with van der Waals surface area (Å²) in [6.45, 7) is 2.05. The second-order valence-electron chi connectivity index (χ2n) is 5.65. The smallest absolute Gasteiger partial charge is 0.350 e. The van der Waals surface area contributed by atoms with Gasteiger partial charge in [0, 0.05) is 12.4 Å². The lowest BCUT2D eigenvalue weighted by atomic mass is 10.3. The molecule has 0 amide bonds. The minimum Gasteiger partial charge on any atom is -0.478 e. The number of imidazole rings is 1. The fourth-order valence-corrected chi connectivity index (χ4v) is 2.52. The van der Waals surface area contributed by atoms with Gasteiger partial charge in [-0.3, -0.25) is 9.55 Å². The first-order chi connectivity index (χ1) is 13.2. The lowest BCUT2D eigenvalue weighted by molar-refractivity contribution is 0.0696. The van der Waals surface area contributed by atoms with Crippen LogP contribution in [0.2, 0.25) is 0 Å². The molecule has 0 radical (unpaired) electrons. The molecule has 3 aromatic heterocycles. The van der Waals surface area contributed by atoms with Crippen molar-refractivity contribution in [1.82, 2.24) is 24.5 Å². The van der Waals surface area contributed by atoms with Crippen molar-refractivity contribution in [2.24, 2.45) is 0 Å². The largest absolute Gasteiger partial charge is 0.478 e. The van der Waals surface area contributed by atoms with E-state index in [1.807, 2.05) is 0 Å². The van der Waals surface area contributed by atoms with Crippen LogP contribution < -0.4 is 5.73 Å². The third-order valence-electron chi connectivity index (χ3n) is 3.32. The van der Waals surface area contributed by atoms with Gasteiger partial charge < -0.3 is 29.9 Å². The normalized spacial score (nSPS) is 12.2. The van der Waals surface area contributed by atoms with E-state index in [1.54, 1.807) is 17.6 Å². The topological polar surface area (TPSA) is 187 Å². The number of aromatic carboxylic acids is 1. The van der Waals surface area contributed by atoms with Crippen LogP contribution in [0.25, 0.3) is 11.2 Å². The van der Waals surface area contributed by atoms with Crippen molar-refractivity contribution in [3.63, 3.8) is 0 Å². The van der Waals surface area contributed by atoms with Gasteiger partial charge in [0.25, 0.3) is 0 Å². The Balaban J connectivity index is 0.000000261. The molecule has 3 aromatic rings. The maximum absolute atomic E-state index is 10.7. The van der Waals surface area contributed by atoms with E-state index in [4.69, 9.17) is 25.4 Å². The number of rotatable bonds is 6. The van der Waals surface area contributed by atoms with Crippen molar-refractivity contribution in [3.8, 4) is 0 Å². The summed E-state index contributed by atoms with van der Waals surface area (Å²) in [6, 6.07) is 3.08. The van der Waals surface area contributed by atoms with Crippen LogP contribution >= 0.6 is 7.60 Å². The predicted octanol–water partition coefficient (Wildman–Crippen LogP) is 0.729. The summed E-state index contributed by atoms with van der Waals surface area (Å²) in [5.74, 6) is -0.657. The number of ether oxygens (including phenoxy) is 1.